The van der Waals surface area contributed by atoms with Crippen LogP contribution in [-0.4, -0.2) is 15.3 Å². The molecule has 0 aliphatic heterocycles. The van der Waals surface area contributed by atoms with Gasteiger partial charge in [-0.3, -0.25) is 9.20 Å². The maximum atomic E-state index is 12.6. The highest BCUT2D eigenvalue weighted by molar-refractivity contribution is 7.17. The van der Waals surface area contributed by atoms with Gasteiger partial charge in [-0.05, 0) is 51.0 Å². The van der Waals surface area contributed by atoms with Crippen LogP contribution in [0.3, 0.4) is 0 Å². The molecule has 0 fully saturated rings. The van der Waals surface area contributed by atoms with Crippen molar-refractivity contribution in [3.05, 3.63) is 57.4 Å². The number of carbonyl (C=O) groups is 1. The van der Waals surface area contributed by atoms with Crippen LogP contribution in [0.2, 0.25) is 0 Å². The number of rotatable bonds is 3. The summed E-state index contributed by atoms with van der Waals surface area (Å²) in [5.41, 5.74) is 4.39. The van der Waals surface area contributed by atoms with E-state index >= 15 is 0 Å². The summed E-state index contributed by atoms with van der Waals surface area (Å²) >= 11 is 1.58. The number of benzene rings is 1. The van der Waals surface area contributed by atoms with Crippen LogP contribution < -0.4 is 5.32 Å². The molecular formula is C19H18N4OS. The van der Waals surface area contributed by atoms with E-state index < -0.39 is 5.91 Å². The molecule has 1 N–H and O–H groups in total. The summed E-state index contributed by atoms with van der Waals surface area (Å²) < 4.78 is 1.91. The molecule has 0 atom stereocenters. The number of hydrogen-bond acceptors (Lipinski definition) is 4. The van der Waals surface area contributed by atoms with E-state index in [1.807, 2.05) is 62.6 Å². The second-order valence-electron chi connectivity index (χ2n) is 5.95. The van der Waals surface area contributed by atoms with Gasteiger partial charge in [0, 0.05) is 16.8 Å². The molecule has 0 spiro atoms. The Bertz CT molecular complexity index is 1050. The van der Waals surface area contributed by atoms with Gasteiger partial charge in [0.1, 0.15) is 11.6 Å². The van der Waals surface area contributed by atoms with Crippen LogP contribution >= 0.6 is 11.3 Å². The van der Waals surface area contributed by atoms with Crippen molar-refractivity contribution in [2.75, 3.05) is 5.32 Å². The Kier molecular flexibility index (Phi) is 4.43. The number of aromatic nitrogens is 2. The number of aryl methyl sites for hydroxylation is 3. The molecule has 6 heteroatoms. The predicted octanol–water partition coefficient (Wildman–Crippen LogP) is 4.18. The number of fused-ring (bicyclic) bond motifs is 1. The van der Waals surface area contributed by atoms with Crippen molar-refractivity contribution < 1.29 is 4.79 Å². The highest BCUT2D eigenvalue weighted by Gasteiger charge is 2.15. The van der Waals surface area contributed by atoms with Crippen LogP contribution in [0.1, 0.15) is 27.4 Å². The molecule has 0 bridgehead atoms. The van der Waals surface area contributed by atoms with E-state index in [-0.39, 0.29) is 5.57 Å². The molecule has 3 rings (SSSR count). The molecule has 1 amide bonds. The van der Waals surface area contributed by atoms with Gasteiger partial charge >= 0.3 is 0 Å². The highest BCUT2D eigenvalue weighted by atomic mass is 32.1. The van der Waals surface area contributed by atoms with E-state index in [0.717, 1.165) is 32.4 Å². The van der Waals surface area contributed by atoms with E-state index in [1.54, 1.807) is 17.4 Å². The molecule has 1 aromatic carbocycles. The molecule has 0 unspecified atom stereocenters. The monoisotopic (exact) mass is 350 g/mol. The zero-order valence-electron chi connectivity index (χ0n) is 14.5. The van der Waals surface area contributed by atoms with Crippen LogP contribution in [0, 0.1) is 39.0 Å². The molecule has 0 aliphatic carbocycles. The van der Waals surface area contributed by atoms with Gasteiger partial charge in [-0.1, -0.05) is 12.1 Å². The molecule has 2 heterocycles. The fourth-order valence-corrected chi connectivity index (χ4v) is 3.49. The smallest absolute Gasteiger partial charge is 0.266 e. The summed E-state index contributed by atoms with van der Waals surface area (Å²) in [4.78, 5) is 19.0. The molecule has 0 saturated heterocycles. The second kappa shape index (κ2) is 6.54. The topological polar surface area (TPSA) is 70.2 Å². The summed E-state index contributed by atoms with van der Waals surface area (Å²) in [6.07, 6.45) is 3.56. The van der Waals surface area contributed by atoms with E-state index in [2.05, 4.69) is 10.3 Å². The average Bonchev–Trinajstić information content (AvgIpc) is 3.05. The third kappa shape index (κ3) is 3.19. The van der Waals surface area contributed by atoms with Crippen molar-refractivity contribution in [2.45, 2.75) is 27.7 Å². The van der Waals surface area contributed by atoms with Crippen LogP contribution in [0.25, 0.3) is 11.0 Å². The average molecular weight is 350 g/mol. The molecule has 126 valence electrons. The Morgan fingerprint density at radius 1 is 1.32 bits per heavy atom. The molecular weight excluding hydrogens is 332 g/mol. The number of thiazole rings is 1. The molecule has 0 radical (unpaired) electrons. The van der Waals surface area contributed by atoms with Gasteiger partial charge in [0.15, 0.2) is 4.96 Å². The fourth-order valence-electron chi connectivity index (χ4n) is 2.62. The first kappa shape index (κ1) is 16.9. The zero-order chi connectivity index (χ0) is 18.1. The van der Waals surface area contributed by atoms with Crippen molar-refractivity contribution in [3.8, 4) is 6.07 Å². The van der Waals surface area contributed by atoms with E-state index in [9.17, 15) is 10.1 Å². The van der Waals surface area contributed by atoms with Gasteiger partial charge in [0.05, 0.1) is 11.4 Å². The van der Waals surface area contributed by atoms with Gasteiger partial charge in [0.2, 0.25) is 0 Å². The maximum absolute atomic E-state index is 12.6. The number of nitrogens with zero attached hydrogens (tertiary/aromatic N) is 3. The number of imidazole rings is 1. The summed E-state index contributed by atoms with van der Waals surface area (Å²) in [6.45, 7) is 7.80. The lowest BCUT2D eigenvalue weighted by Crippen LogP contribution is -2.14. The van der Waals surface area contributed by atoms with Crippen LogP contribution in [0.4, 0.5) is 5.69 Å². The summed E-state index contributed by atoms with van der Waals surface area (Å²) in [5, 5.41) is 12.3. The lowest BCUT2D eigenvalue weighted by Gasteiger charge is -2.09. The normalized spacial score (nSPS) is 11.6. The standard InChI is InChI=1S/C19H18N4OS/c1-11-6-5-7-16(13(11)3)22-18(24)15(9-20)8-17-14(4)21-19-23(17)10-12(2)25-19/h5-8,10H,1-4H3,(H,22,24)/b15-8+. The third-order valence-electron chi connectivity index (χ3n) is 4.16. The molecule has 0 aliphatic rings. The molecule has 2 aromatic heterocycles. The van der Waals surface area contributed by atoms with Gasteiger partial charge in [-0.25, -0.2) is 4.98 Å². The Balaban J connectivity index is 1.97. The van der Waals surface area contributed by atoms with Crippen LogP contribution in [-0.2, 0) is 4.79 Å². The van der Waals surface area contributed by atoms with Crippen molar-refractivity contribution in [3.63, 3.8) is 0 Å². The lowest BCUT2D eigenvalue weighted by atomic mass is 10.1. The number of amides is 1. The highest BCUT2D eigenvalue weighted by Crippen LogP contribution is 2.23. The van der Waals surface area contributed by atoms with Crippen molar-refractivity contribution in [1.29, 1.82) is 5.26 Å². The minimum atomic E-state index is -0.419. The summed E-state index contributed by atoms with van der Waals surface area (Å²) in [6, 6.07) is 7.70. The first-order valence-corrected chi connectivity index (χ1v) is 8.67. The summed E-state index contributed by atoms with van der Waals surface area (Å²) in [7, 11) is 0. The van der Waals surface area contributed by atoms with E-state index in [0.29, 0.717) is 5.69 Å². The molecule has 25 heavy (non-hydrogen) atoms. The largest absolute Gasteiger partial charge is 0.321 e. The third-order valence-corrected chi connectivity index (χ3v) is 5.06. The van der Waals surface area contributed by atoms with Crippen LogP contribution in [0.5, 0.6) is 0 Å². The van der Waals surface area contributed by atoms with Crippen molar-refractivity contribution in [1.82, 2.24) is 9.38 Å². The number of nitriles is 1. The number of anilines is 1. The lowest BCUT2D eigenvalue weighted by molar-refractivity contribution is -0.112. The quantitative estimate of drug-likeness (QED) is 0.569. The number of hydrogen-bond donors (Lipinski definition) is 1. The van der Waals surface area contributed by atoms with Gasteiger partial charge in [-0.2, -0.15) is 5.26 Å². The SMILES string of the molecule is Cc1cn2c(/C=C(\C#N)C(=O)Nc3cccc(C)c3C)c(C)nc2s1. The predicted molar refractivity (Wildman–Crippen MR) is 101 cm³/mol. The maximum Gasteiger partial charge on any atom is 0.266 e. The molecule has 5 nitrogen and oxygen atoms in total. The second-order valence-corrected chi connectivity index (χ2v) is 7.16. The fraction of sp³-hybridized carbons (Fsp3) is 0.211. The zero-order valence-corrected chi connectivity index (χ0v) is 15.4. The van der Waals surface area contributed by atoms with Gasteiger partial charge in [-0.15, -0.1) is 11.3 Å². The molecule has 0 saturated carbocycles. The minimum absolute atomic E-state index is 0.0506. The Morgan fingerprint density at radius 2 is 2.08 bits per heavy atom. The first-order chi connectivity index (χ1) is 11.9. The van der Waals surface area contributed by atoms with Crippen LogP contribution in [0.15, 0.2) is 30.0 Å². The Labute approximate surface area is 150 Å². The van der Waals surface area contributed by atoms with E-state index in [4.69, 9.17) is 0 Å². The number of nitrogens with one attached hydrogen (secondary N) is 1. The Hall–Kier alpha value is -2.91. The Morgan fingerprint density at radius 3 is 2.80 bits per heavy atom. The van der Waals surface area contributed by atoms with Gasteiger partial charge < -0.3 is 5.32 Å². The van der Waals surface area contributed by atoms with E-state index in [1.165, 1.54) is 0 Å². The van der Waals surface area contributed by atoms with Gasteiger partial charge in [0.25, 0.3) is 5.91 Å². The first-order valence-electron chi connectivity index (χ1n) is 7.85. The summed E-state index contributed by atoms with van der Waals surface area (Å²) in [5.74, 6) is -0.419. The minimum Gasteiger partial charge on any atom is -0.321 e. The number of carbonyl (C=O) groups excluding carboxylic acids is 1. The van der Waals surface area contributed by atoms with Crippen molar-refractivity contribution >= 4 is 34.0 Å². The van der Waals surface area contributed by atoms with Crippen molar-refractivity contribution in [2.24, 2.45) is 0 Å². The molecule has 3 aromatic rings.